The molecule has 0 amide bonds. The lowest BCUT2D eigenvalue weighted by atomic mass is 10.1. The predicted octanol–water partition coefficient (Wildman–Crippen LogP) is 3.10. The lowest BCUT2D eigenvalue weighted by Crippen LogP contribution is -2.18. The number of nitrogens with two attached hydrogens (primary N) is 1. The molecule has 0 aliphatic rings. The Bertz CT molecular complexity index is 782. The molecule has 0 aliphatic carbocycles. The third kappa shape index (κ3) is 5.48. The molecule has 0 radical (unpaired) electrons. The smallest absolute Gasteiger partial charge is 0.419 e. The van der Waals surface area contributed by atoms with Crippen LogP contribution in [0.1, 0.15) is 16.7 Å². The quantitative estimate of drug-likeness (QED) is 0.368. The van der Waals surface area contributed by atoms with E-state index in [0.29, 0.717) is 42.2 Å². The number of nitrogen functional groups attached to an aromatic ring is 1. The molecule has 0 fully saturated rings. The highest BCUT2D eigenvalue weighted by Crippen LogP contribution is 2.35. The molecule has 0 heterocycles. The van der Waals surface area contributed by atoms with Gasteiger partial charge in [0.25, 0.3) is 0 Å². The van der Waals surface area contributed by atoms with E-state index in [1.165, 1.54) is 7.11 Å². The molecule has 4 N–H and O–H groups in total. The summed E-state index contributed by atoms with van der Waals surface area (Å²) in [6.07, 6.45) is -4.83. The van der Waals surface area contributed by atoms with Crippen molar-refractivity contribution in [1.82, 2.24) is 5.32 Å². The number of hydrogen-bond donors (Lipinski definition) is 3. The van der Waals surface area contributed by atoms with E-state index in [1.54, 1.807) is 18.2 Å². The maximum absolute atomic E-state index is 13.7. The molecule has 2 aromatic rings. The van der Waals surface area contributed by atoms with Gasteiger partial charge in [-0.2, -0.15) is 13.2 Å². The van der Waals surface area contributed by atoms with Gasteiger partial charge in [0.1, 0.15) is 23.9 Å². The Hall–Kier alpha value is -2.52. The average molecular weight is 388 g/mol. The Balaban J connectivity index is 2.25. The maximum atomic E-state index is 13.7. The van der Waals surface area contributed by atoms with Crippen LogP contribution in [0.15, 0.2) is 30.3 Å². The van der Waals surface area contributed by atoms with Crippen molar-refractivity contribution < 1.29 is 32.1 Å². The number of halogens is 4. The number of alkyl halides is 3. The molecule has 0 bridgehead atoms. The van der Waals surface area contributed by atoms with E-state index in [4.69, 9.17) is 20.3 Å². The van der Waals surface area contributed by atoms with E-state index < -0.39 is 17.6 Å². The number of aliphatic hydroxyl groups excluding tert-OH is 1. The summed E-state index contributed by atoms with van der Waals surface area (Å²) in [5.74, 6) is -1.06. The van der Waals surface area contributed by atoms with Gasteiger partial charge in [0, 0.05) is 36.0 Å². The second-order valence-electron chi connectivity index (χ2n) is 5.70. The minimum atomic E-state index is -4.83. The van der Waals surface area contributed by atoms with Crippen molar-refractivity contribution in [3.05, 3.63) is 52.8 Å². The van der Waals surface area contributed by atoms with Crippen LogP contribution in [0.5, 0.6) is 11.5 Å². The molecule has 0 aliphatic heterocycles. The summed E-state index contributed by atoms with van der Waals surface area (Å²) in [5, 5.41) is 11.8. The highest BCUT2D eigenvalue weighted by molar-refractivity contribution is 5.48. The first-order valence-electron chi connectivity index (χ1n) is 8.02. The molecule has 148 valence electrons. The molecule has 0 atom stereocenters. The van der Waals surface area contributed by atoms with Crippen LogP contribution >= 0.6 is 0 Å². The molecule has 0 saturated carbocycles. The van der Waals surface area contributed by atoms with E-state index in [1.807, 2.05) is 0 Å². The Morgan fingerprint density at radius 3 is 2.48 bits per heavy atom. The SMILES string of the molecule is COc1cc(F)c(C(F)(F)F)cc1COc1ccc(N)cc1CNCCO. The van der Waals surface area contributed by atoms with Crippen molar-refractivity contribution in [2.24, 2.45) is 0 Å². The molecule has 9 heteroatoms. The summed E-state index contributed by atoms with van der Waals surface area (Å²) >= 11 is 0. The standard InChI is InChI=1S/C18H20F4N2O3/c1-26-17-8-15(19)14(18(20,21)22)7-12(17)10-27-16-3-2-13(23)6-11(16)9-24-4-5-25/h2-3,6-8,24-25H,4-5,9-10,23H2,1H3. The second-order valence-corrected chi connectivity index (χ2v) is 5.70. The Kier molecular flexibility index (Phi) is 6.86. The number of aliphatic hydroxyl groups is 1. The summed E-state index contributed by atoms with van der Waals surface area (Å²) in [6.45, 7) is 0.388. The summed E-state index contributed by atoms with van der Waals surface area (Å²) in [6, 6.07) is 6.20. The number of hydrogen-bond acceptors (Lipinski definition) is 5. The van der Waals surface area contributed by atoms with Crippen LogP contribution in [0.25, 0.3) is 0 Å². The maximum Gasteiger partial charge on any atom is 0.419 e. The van der Waals surface area contributed by atoms with Crippen LogP contribution in [0, 0.1) is 5.82 Å². The van der Waals surface area contributed by atoms with Gasteiger partial charge in [0.05, 0.1) is 19.3 Å². The summed E-state index contributed by atoms with van der Waals surface area (Å²) < 4.78 is 63.1. The minimum Gasteiger partial charge on any atom is -0.496 e. The van der Waals surface area contributed by atoms with Crippen LogP contribution in [-0.4, -0.2) is 25.4 Å². The Morgan fingerprint density at radius 1 is 1.11 bits per heavy atom. The molecule has 0 unspecified atom stereocenters. The highest BCUT2D eigenvalue weighted by atomic mass is 19.4. The summed E-state index contributed by atoms with van der Waals surface area (Å²) in [4.78, 5) is 0. The van der Waals surface area contributed by atoms with Gasteiger partial charge in [0.15, 0.2) is 0 Å². The molecular formula is C18H20F4N2O3. The van der Waals surface area contributed by atoms with Crippen molar-refractivity contribution in [3.63, 3.8) is 0 Å². The first kappa shape index (κ1) is 20.8. The number of benzene rings is 2. The number of rotatable bonds is 8. The zero-order valence-corrected chi connectivity index (χ0v) is 14.6. The molecular weight excluding hydrogens is 368 g/mol. The van der Waals surface area contributed by atoms with Crippen LogP contribution < -0.4 is 20.5 Å². The normalized spacial score (nSPS) is 11.5. The van der Waals surface area contributed by atoms with E-state index in [2.05, 4.69) is 5.32 Å². The van der Waals surface area contributed by atoms with Gasteiger partial charge < -0.3 is 25.6 Å². The molecule has 0 spiro atoms. The average Bonchev–Trinajstić information content (AvgIpc) is 2.60. The molecule has 27 heavy (non-hydrogen) atoms. The van der Waals surface area contributed by atoms with Gasteiger partial charge >= 0.3 is 6.18 Å². The largest absolute Gasteiger partial charge is 0.496 e. The zero-order valence-electron chi connectivity index (χ0n) is 14.6. The van der Waals surface area contributed by atoms with Crippen molar-refractivity contribution in [2.45, 2.75) is 19.3 Å². The zero-order chi connectivity index (χ0) is 20.0. The molecule has 2 rings (SSSR count). The fraction of sp³-hybridized carbons (Fsp3) is 0.333. The lowest BCUT2D eigenvalue weighted by Gasteiger charge is -2.16. The number of ether oxygens (including phenoxy) is 2. The Labute approximate surface area is 153 Å². The lowest BCUT2D eigenvalue weighted by molar-refractivity contribution is -0.140. The molecule has 0 aromatic heterocycles. The van der Waals surface area contributed by atoms with Crippen LogP contribution in [-0.2, 0) is 19.3 Å². The van der Waals surface area contributed by atoms with Gasteiger partial charge in [-0.25, -0.2) is 4.39 Å². The van der Waals surface area contributed by atoms with Crippen molar-refractivity contribution in [3.8, 4) is 11.5 Å². The third-order valence-electron chi connectivity index (χ3n) is 3.75. The van der Waals surface area contributed by atoms with Gasteiger partial charge in [-0.3, -0.25) is 0 Å². The Morgan fingerprint density at radius 2 is 1.85 bits per heavy atom. The predicted molar refractivity (Wildman–Crippen MR) is 91.9 cm³/mol. The second kappa shape index (κ2) is 8.92. The number of methoxy groups -OCH3 is 1. The molecule has 2 aromatic carbocycles. The molecule has 5 nitrogen and oxygen atoms in total. The van der Waals surface area contributed by atoms with E-state index in [-0.39, 0.29) is 24.5 Å². The van der Waals surface area contributed by atoms with Gasteiger partial charge in [-0.1, -0.05) is 0 Å². The van der Waals surface area contributed by atoms with Crippen LogP contribution in [0.2, 0.25) is 0 Å². The summed E-state index contributed by atoms with van der Waals surface area (Å²) in [5.41, 5.74) is 5.57. The van der Waals surface area contributed by atoms with Crippen molar-refractivity contribution in [2.75, 3.05) is 26.0 Å². The van der Waals surface area contributed by atoms with Crippen LogP contribution in [0.3, 0.4) is 0 Å². The summed E-state index contributed by atoms with van der Waals surface area (Å²) in [7, 11) is 1.24. The fourth-order valence-corrected chi connectivity index (χ4v) is 2.46. The molecule has 0 saturated heterocycles. The topological polar surface area (TPSA) is 76.7 Å². The number of anilines is 1. The van der Waals surface area contributed by atoms with Crippen molar-refractivity contribution in [1.29, 1.82) is 0 Å². The highest BCUT2D eigenvalue weighted by Gasteiger charge is 2.35. The van der Waals surface area contributed by atoms with Crippen LogP contribution in [0.4, 0.5) is 23.2 Å². The first-order chi connectivity index (χ1) is 12.8. The monoisotopic (exact) mass is 388 g/mol. The van der Waals surface area contributed by atoms with Gasteiger partial charge in [0.2, 0.25) is 0 Å². The third-order valence-corrected chi connectivity index (χ3v) is 3.75. The van der Waals surface area contributed by atoms with E-state index >= 15 is 0 Å². The first-order valence-corrected chi connectivity index (χ1v) is 8.02. The number of nitrogens with one attached hydrogen (secondary N) is 1. The van der Waals surface area contributed by atoms with Gasteiger partial charge in [-0.15, -0.1) is 0 Å². The fourth-order valence-electron chi connectivity index (χ4n) is 2.46. The van der Waals surface area contributed by atoms with E-state index in [0.717, 1.165) is 0 Å². The van der Waals surface area contributed by atoms with E-state index in [9.17, 15) is 17.6 Å². The minimum absolute atomic E-state index is 0.0455. The van der Waals surface area contributed by atoms with Gasteiger partial charge in [-0.05, 0) is 24.3 Å². The van der Waals surface area contributed by atoms with Crippen molar-refractivity contribution >= 4 is 5.69 Å².